The molecular formula is C30H22N6O2. The summed E-state index contributed by atoms with van der Waals surface area (Å²) in [7, 11) is 0. The van der Waals surface area contributed by atoms with Crippen LogP contribution < -0.4 is 10.9 Å². The molecule has 0 bridgehead atoms. The minimum absolute atomic E-state index is 0.0261. The molecule has 0 spiro atoms. The molecule has 3 aromatic heterocycles. The molecule has 6 aromatic rings. The second kappa shape index (κ2) is 9.59. The number of anilines is 1. The summed E-state index contributed by atoms with van der Waals surface area (Å²) in [5, 5.41) is 15.1. The molecule has 6 rings (SSSR count). The van der Waals surface area contributed by atoms with Gasteiger partial charge in [0.05, 0.1) is 29.0 Å². The maximum Gasteiger partial charge on any atom is 0.277 e. The molecule has 2 N–H and O–H groups in total. The molecule has 38 heavy (non-hydrogen) atoms. The second-order valence-electron chi connectivity index (χ2n) is 8.77. The van der Waals surface area contributed by atoms with Crippen molar-refractivity contribution >= 4 is 22.6 Å². The van der Waals surface area contributed by atoms with Crippen LogP contribution >= 0.6 is 0 Å². The number of para-hydroxylation sites is 1. The highest BCUT2D eigenvalue weighted by Crippen LogP contribution is 2.32. The largest absolute Gasteiger partial charge is 0.320 e. The maximum absolute atomic E-state index is 13.7. The number of hydrogen-bond acceptors (Lipinski definition) is 5. The number of aromatic amines is 1. The van der Waals surface area contributed by atoms with Crippen molar-refractivity contribution in [3.05, 3.63) is 125 Å². The minimum atomic E-state index is -0.580. The van der Waals surface area contributed by atoms with Crippen molar-refractivity contribution in [2.45, 2.75) is 6.92 Å². The molecule has 0 unspecified atom stereocenters. The predicted molar refractivity (Wildman–Crippen MR) is 147 cm³/mol. The normalized spacial score (nSPS) is 11.0. The summed E-state index contributed by atoms with van der Waals surface area (Å²) < 4.78 is 1.77. The summed E-state index contributed by atoms with van der Waals surface area (Å²) in [6.07, 6.45) is 1.57. The Balaban J connectivity index is 1.44. The predicted octanol–water partition coefficient (Wildman–Crippen LogP) is 5.40. The number of fused-ring (bicyclic) bond motifs is 1. The highest BCUT2D eigenvalue weighted by molar-refractivity contribution is 6.10. The Kier molecular flexibility index (Phi) is 5.82. The summed E-state index contributed by atoms with van der Waals surface area (Å²) >= 11 is 0. The van der Waals surface area contributed by atoms with Crippen LogP contribution in [-0.2, 0) is 0 Å². The number of benzene rings is 3. The Morgan fingerprint density at radius 1 is 0.868 bits per heavy atom. The number of aryl methyl sites for hydroxylation is 1. The Morgan fingerprint density at radius 3 is 2.18 bits per heavy atom. The van der Waals surface area contributed by atoms with E-state index in [4.69, 9.17) is 0 Å². The summed E-state index contributed by atoms with van der Waals surface area (Å²) in [5.74, 6) is -0.557. The van der Waals surface area contributed by atoms with E-state index in [9.17, 15) is 9.59 Å². The highest BCUT2D eigenvalue weighted by Gasteiger charge is 2.23. The number of aromatic nitrogens is 5. The summed E-state index contributed by atoms with van der Waals surface area (Å²) in [6, 6.07) is 30.3. The molecule has 0 aliphatic carbocycles. The lowest BCUT2D eigenvalue weighted by Gasteiger charge is -2.14. The second-order valence-corrected chi connectivity index (χ2v) is 8.77. The van der Waals surface area contributed by atoms with E-state index in [1.54, 1.807) is 10.9 Å². The summed E-state index contributed by atoms with van der Waals surface area (Å²) in [6.45, 7) is 1.89. The standard InChI is InChI=1S/C30H22N6O2/c1-19-24-17-22(18-31-28(24)36(35-19)23-15-9-4-10-16-23)32-29(37)26-25(20-11-5-2-6-12-20)27(33-34-30(26)38)21-13-7-3-8-14-21/h2-18H,1H3,(H,32,37)(H,34,38). The Labute approximate surface area is 217 Å². The van der Waals surface area contributed by atoms with Gasteiger partial charge in [-0.3, -0.25) is 9.59 Å². The van der Waals surface area contributed by atoms with Crippen LogP contribution in [0.1, 0.15) is 16.1 Å². The molecule has 0 fully saturated rings. The molecule has 0 aliphatic heterocycles. The maximum atomic E-state index is 13.7. The van der Waals surface area contributed by atoms with E-state index in [2.05, 4.69) is 25.6 Å². The van der Waals surface area contributed by atoms with Gasteiger partial charge in [0.25, 0.3) is 11.5 Å². The van der Waals surface area contributed by atoms with E-state index in [1.807, 2.05) is 104 Å². The lowest BCUT2D eigenvalue weighted by atomic mass is 9.95. The van der Waals surface area contributed by atoms with Crippen molar-refractivity contribution in [3.63, 3.8) is 0 Å². The molecule has 0 saturated carbocycles. The fourth-order valence-corrected chi connectivity index (χ4v) is 4.51. The Bertz CT molecular complexity index is 1830. The summed E-state index contributed by atoms with van der Waals surface area (Å²) in [4.78, 5) is 31.3. The van der Waals surface area contributed by atoms with Gasteiger partial charge < -0.3 is 5.32 Å². The van der Waals surface area contributed by atoms with Crippen molar-refractivity contribution in [1.29, 1.82) is 0 Å². The lowest BCUT2D eigenvalue weighted by Crippen LogP contribution is -2.26. The van der Waals surface area contributed by atoms with Crippen LogP contribution in [-0.4, -0.2) is 30.9 Å². The molecule has 184 valence electrons. The van der Waals surface area contributed by atoms with Gasteiger partial charge in [-0.2, -0.15) is 10.2 Å². The molecule has 8 nitrogen and oxygen atoms in total. The Hall–Kier alpha value is -5.37. The first-order valence-electron chi connectivity index (χ1n) is 12.1. The molecule has 0 atom stereocenters. The van der Waals surface area contributed by atoms with Crippen molar-refractivity contribution in [2.75, 3.05) is 5.32 Å². The van der Waals surface area contributed by atoms with Gasteiger partial charge in [-0.25, -0.2) is 14.8 Å². The molecule has 0 radical (unpaired) electrons. The van der Waals surface area contributed by atoms with Crippen LogP contribution in [0.25, 0.3) is 39.1 Å². The molecule has 0 aliphatic rings. The topological polar surface area (TPSA) is 106 Å². The molecule has 1 amide bonds. The fourth-order valence-electron chi connectivity index (χ4n) is 4.51. The van der Waals surface area contributed by atoms with Crippen LogP contribution in [0.5, 0.6) is 0 Å². The number of nitrogens with one attached hydrogen (secondary N) is 2. The highest BCUT2D eigenvalue weighted by atomic mass is 16.2. The smallest absolute Gasteiger partial charge is 0.277 e. The first kappa shape index (κ1) is 23.1. The van der Waals surface area contributed by atoms with Gasteiger partial charge >= 0.3 is 0 Å². The summed E-state index contributed by atoms with van der Waals surface area (Å²) in [5.41, 5.74) is 4.64. The van der Waals surface area contributed by atoms with E-state index >= 15 is 0 Å². The third kappa shape index (κ3) is 4.14. The number of carbonyl (C=O) groups excluding carboxylic acids is 1. The lowest BCUT2D eigenvalue weighted by molar-refractivity contribution is 0.102. The van der Waals surface area contributed by atoms with E-state index in [0.29, 0.717) is 28.2 Å². The fraction of sp³-hybridized carbons (Fsp3) is 0.0333. The van der Waals surface area contributed by atoms with E-state index in [1.165, 1.54) is 0 Å². The van der Waals surface area contributed by atoms with Gasteiger partial charge in [-0.1, -0.05) is 78.9 Å². The van der Waals surface area contributed by atoms with Crippen molar-refractivity contribution in [1.82, 2.24) is 25.0 Å². The van der Waals surface area contributed by atoms with Crippen LogP contribution in [0.15, 0.2) is 108 Å². The zero-order valence-electron chi connectivity index (χ0n) is 20.4. The number of hydrogen-bond donors (Lipinski definition) is 2. The van der Waals surface area contributed by atoms with Crippen LogP contribution in [0.2, 0.25) is 0 Å². The number of rotatable bonds is 5. The van der Waals surface area contributed by atoms with Gasteiger partial charge in [0.1, 0.15) is 5.56 Å². The zero-order valence-corrected chi connectivity index (χ0v) is 20.4. The number of carbonyl (C=O) groups is 1. The average Bonchev–Trinajstić information content (AvgIpc) is 3.29. The van der Waals surface area contributed by atoms with E-state index < -0.39 is 11.5 Å². The molecule has 8 heteroatoms. The van der Waals surface area contributed by atoms with E-state index in [-0.39, 0.29) is 5.56 Å². The molecular weight excluding hydrogens is 476 g/mol. The van der Waals surface area contributed by atoms with E-state index in [0.717, 1.165) is 22.3 Å². The van der Waals surface area contributed by atoms with Crippen LogP contribution in [0, 0.1) is 6.92 Å². The average molecular weight is 499 g/mol. The minimum Gasteiger partial charge on any atom is -0.320 e. The van der Waals surface area contributed by atoms with Crippen LogP contribution in [0.3, 0.4) is 0 Å². The Morgan fingerprint density at radius 2 is 1.50 bits per heavy atom. The molecule has 0 saturated heterocycles. The van der Waals surface area contributed by atoms with Gasteiger partial charge in [0.15, 0.2) is 5.65 Å². The molecule has 3 aromatic carbocycles. The third-order valence-electron chi connectivity index (χ3n) is 6.29. The number of pyridine rings is 1. The van der Waals surface area contributed by atoms with Gasteiger partial charge in [0, 0.05) is 16.5 Å². The number of H-pyrrole nitrogens is 1. The van der Waals surface area contributed by atoms with Crippen molar-refractivity contribution in [2.24, 2.45) is 0 Å². The SMILES string of the molecule is Cc1nn(-c2ccccc2)c2ncc(NC(=O)c3c(-c4ccccc4)c(-c4ccccc4)n[nH]c3=O)cc12. The third-order valence-corrected chi connectivity index (χ3v) is 6.29. The zero-order chi connectivity index (χ0) is 26.1. The van der Waals surface area contributed by atoms with Crippen LogP contribution in [0.4, 0.5) is 5.69 Å². The quantitative estimate of drug-likeness (QED) is 0.331. The monoisotopic (exact) mass is 498 g/mol. The first-order valence-corrected chi connectivity index (χ1v) is 12.1. The first-order chi connectivity index (χ1) is 18.6. The van der Waals surface area contributed by atoms with Gasteiger partial charge in [-0.05, 0) is 30.7 Å². The van der Waals surface area contributed by atoms with Crippen molar-refractivity contribution < 1.29 is 4.79 Å². The molecule has 3 heterocycles. The van der Waals surface area contributed by atoms with Crippen molar-refractivity contribution in [3.8, 4) is 28.1 Å². The number of amides is 1. The van der Waals surface area contributed by atoms with Gasteiger partial charge in [0.2, 0.25) is 0 Å². The van der Waals surface area contributed by atoms with Gasteiger partial charge in [-0.15, -0.1) is 0 Å². The number of nitrogens with zero attached hydrogens (tertiary/aromatic N) is 4.